The van der Waals surface area contributed by atoms with E-state index in [9.17, 15) is 5.11 Å². The van der Waals surface area contributed by atoms with Crippen LogP contribution in [-0.2, 0) is 27.3 Å². The minimum absolute atomic E-state index is 0. The monoisotopic (exact) mass is 410 g/mol. The molecule has 1 nitrogen and oxygen atoms in total. The smallest absolute Gasteiger partial charge is 1.00 e. The van der Waals surface area contributed by atoms with Crippen molar-refractivity contribution in [3.8, 4) is 0 Å². The van der Waals surface area contributed by atoms with Gasteiger partial charge in [0.2, 0.25) is 0 Å². The van der Waals surface area contributed by atoms with E-state index < -0.39 is 5.60 Å². The molecule has 0 saturated heterocycles. The summed E-state index contributed by atoms with van der Waals surface area (Å²) in [6.07, 6.45) is 2.31. The predicted octanol–water partition coefficient (Wildman–Crippen LogP) is -0.558. The van der Waals surface area contributed by atoms with Gasteiger partial charge in [0.05, 0.1) is 5.60 Å². The van der Waals surface area contributed by atoms with Crippen molar-refractivity contribution < 1.29 is 51.6 Å². The van der Waals surface area contributed by atoms with Gasteiger partial charge in [0.15, 0.2) is 0 Å². The molecule has 1 aliphatic carbocycles. The van der Waals surface area contributed by atoms with Crippen molar-refractivity contribution in [1.82, 2.24) is 0 Å². The molecular formula is C21H24Cl2OTi. The van der Waals surface area contributed by atoms with Gasteiger partial charge < -0.3 is 29.9 Å². The quantitative estimate of drug-likeness (QED) is 0.658. The molecule has 1 unspecified atom stereocenters. The third kappa shape index (κ3) is 4.41. The maximum Gasteiger partial charge on any atom is 2.00 e. The fourth-order valence-electron chi connectivity index (χ4n) is 3.74. The molecule has 4 heteroatoms. The van der Waals surface area contributed by atoms with Crippen LogP contribution in [0, 0.1) is 5.92 Å². The number of benzene rings is 2. The average molecular weight is 411 g/mol. The summed E-state index contributed by atoms with van der Waals surface area (Å²) in [6.45, 7) is 10.4. The average Bonchev–Trinajstić information content (AvgIpc) is 2.70. The molecule has 1 N–H and O–H groups in total. The molecule has 0 bridgehead atoms. The third-order valence-corrected chi connectivity index (χ3v) is 4.78. The van der Waals surface area contributed by atoms with Crippen molar-refractivity contribution >= 4 is 16.3 Å². The van der Waals surface area contributed by atoms with E-state index in [0.717, 1.165) is 10.9 Å². The molecule has 1 aliphatic rings. The van der Waals surface area contributed by atoms with Gasteiger partial charge in [-0.1, -0.05) is 55.0 Å². The normalized spacial score (nSPS) is 16.7. The van der Waals surface area contributed by atoms with Crippen LogP contribution >= 0.6 is 0 Å². The van der Waals surface area contributed by atoms with Crippen LogP contribution in [0.2, 0.25) is 0 Å². The molecule has 2 aromatic carbocycles. The Labute approximate surface area is 178 Å². The van der Waals surface area contributed by atoms with Gasteiger partial charge in [-0.15, -0.1) is 0 Å². The summed E-state index contributed by atoms with van der Waals surface area (Å²) < 4.78 is 0. The van der Waals surface area contributed by atoms with E-state index in [1.54, 1.807) is 0 Å². The summed E-state index contributed by atoms with van der Waals surface area (Å²) >= 11 is 0. The Hall–Kier alpha value is -0.566. The van der Waals surface area contributed by atoms with Crippen LogP contribution < -0.4 is 24.8 Å². The molecule has 25 heavy (non-hydrogen) atoms. The van der Waals surface area contributed by atoms with Crippen LogP contribution in [-0.4, -0.2) is 5.11 Å². The van der Waals surface area contributed by atoms with Gasteiger partial charge in [0, 0.05) is 5.92 Å². The van der Waals surface area contributed by atoms with Gasteiger partial charge in [0.25, 0.3) is 0 Å². The first-order valence-corrected chi connectivity index (χ1v) is 7.95. The molecule has 0 fully saturated rings. The fourth-order valence-corrected chi connectivity index (χ4v) is 3.74. The molecule has 1 atom stereocenters. The number of fused-ring (bicyclic) bond motifs is 1. The number of rotatable bonds is 2. The Kier molecular flexibility index (Phi) is 8.68. The molecule has 0 aromatic heterocycles. The van der Waals surface area contributed by atoms with E-state index in [1.165, 1.54) is 27.7 Å². The summed E-state index contributed by atoms with van der Waals surface area (Å²) in [6, 6.07) is 12.7. The van der Waals surface area contributed by atoms with Gasteiger partial charge in [-0.2, -0.15) is 0 Å². The number of allylic oxidation sites excluding steroid dienone is 4. The zero-order valence-corrected chi connectivity index (χ0v) is 18.4. The number of hydrogen-bond donors (Lipinski definition) is 1. The van der Waals surface area contributed by atoms with Crippen molar-refractivity contribution in [1.29, 1.82) is 0 Å². The summed E-state index contributed by atoms with van der Waals surface area (Å²) in [7, 11) is 0. The Morgan fingerprint density at radius 2 is 1.56 bits per heavy atom. The SMILES string of the molecule is CC1=CC(C)C(c2ccc3ccccc3c2C(C)(C)O)=C1C.[Cl-].[Cl-].[Ti+2]. The summed E-state index contributed by atoms with van der Waals surface area (Å²) in [4.78, 5) is 0. The Balaban J connectivity index is 0.00000192. The molecule has 0 aliphatic heterocycles. The Bertz CT molecular complexity index is 816. The van der Waals surface area contributed by atoms with Gasteiger partial charge in [-0.3, -0.25) is 0 Å². The molecule has 0 heterocycles. The summed E-state index contributed by atoms with van der Waals surface area (Å²) in [5.74, 6) is 0.391. The molecule has 0 amide bonds. The topological polar surface area (TPSA) is 20.2 Å². The standard InChI is InChI=1S/C21H24O.2ClH.Ti/c1-13-12-14(2)19(15(13)3)18-11-10-16-8-6-7-9-17(16)20(18)21(4,5)22;;;/h6-12,14,22H,1-5H3;2*1H;/q;;;+2/p-2. The van der Waals surface area contributed by atoms with Gasteiger partial charge in [0.1, 0.15) is 0 Å². The number of aliphatic hydroxyl groups is 1. The largest absolute Gasteiger partial charge is 2.00 e. The Morgan fingerprint density at radius 1 is 0.960 bits per heavy atom. The second-order valence-corrected chi connectivity index (χ2v) is 6.95. The van der Waals surface area contributed by atoms with E-state index in [4.69, 9.17) is 0 Å². The zero-order chi connectivity index (χ0) is 16.1. The van der Waals surface area contributed by atoms with Gasteiger partial charge in [-0.05, 0) is 60.7 Å². The van der Waals surface area contributed by atoms with E-state index in [-0.39, 0.29) is 46.5 Å². The van der Waals surface area contributed by atoms with E-state index in [0.29, 0.717) is 5.92 Å². The Morgan fingerprint density at radius 3 is 2.08 bits per heavy atom. The molecule has 132 valence electrons. The second-order valence-electron chi connectivity index (χ2n) is 6.95. The predicted molar refractivity (Wildman–Crippen MR) is 94.7 cm³/mol. The van der Waals surface area contributed by atoms with Crippen LogP contribution in [0.25, 0.3) is 16.3 Å². The molecule has 0 radical (unpaired) electrons. The first kappa shape index (κ1) is 24.4. The van der Waals surface area contributed by atoms with Gasteiger partial charge in [-0.25, -0.2) is 0 Å². The maximum atomic E-state index is 10.8. The van der Waals surface area contributed by atoms with Crippen LogP contribution in [0.4, 0.5) is 0 Å². The first-order valence-electron chi connectivity index (χ1n) is 7.95. The van der Waals surface area contributed by atoms with Crippen molar-refractivity contribution in [3.63, 3.8) is 0 Å². The second kappa shape index (κ2) is 8.88. The minimum atomic E-state index is -0.875. The number of hydrogen-bond acceptors (Lipinski definition) is 1. The van der Waals surface area contributed by atoms with Crippen LogP contribution in [0.3, 0.4) is 0 Å². The van der Waals surface area contributed by atoms with Crippen molar-refractivity contribution in [2.24, 2.45) is 5.92 Å². The summed E-state index contributed by atoms with van der Waals surface area (Å²) in [5, 5.41) is 13.1. The molecule has 3 rings (SSSR count). The van der Waals surface area contributed by atoms with E-state index in [2.05, 4.69) is 51.1 Å². The molecule has 0 saturated carbocycles. The van der Waals surface area contributed by atoms with Crippen LogP contribution in [0.1, 0.15) is 45.7 Å². The van der Waals surface area contributed by atoms with Crippen molar-refractivity contribution in [2.75, 3.05) is 0 Å². The van der Waals surface area contributed by atoms with Gasteiger partial charge >= 0.3 is 21.7 Å². The van der Waals surface area contributed by atoms with E-state index in [1.807, 2.05) is 26.0 Å². The summed E-state index contributed by atoms with van der Waals surface area (Å²) in [5.41, 5.74) is 5.38. The maximum absolute atomic E-state index is 10.8. The van der Waals surface area contributed by atoms with Crippen molar-refractivity contribution in [3.05, 3.63) is 64.7 Å². The van der Waals surface area contributed by atoms with Crippen LogP contribution in [0.15, 0.2) is 53.6 Å². The zero-order valence-electron chi connectivity index (χ0n) is 15.3. The van der Waals surface area contributed by atoms with Crippen LogP contribution in [0.5, 0.6) is 0 Å². The third-order valence-electron chi connectivity index (χ3n) is 4.78. The molecule has 0 spiro atoms. The van der Waals surface area contributed by atoms with E-state index >= 15 is 0 Å². The molecule has 2 aromatic rings. The first-order chi connectivity index (χ1) is 10.3. The molecular weight excluding hydrogens is 387 g/mol. The minimum Gasteiger partial charge on any atom is -1.00 e. The number of halogens is 2. The fraction of sp³-hybridized carbons (Fsp3) is 0.333. The van der Waals surface area contributed by atoms with Crippen molar-refractivity contribution in [2.45, 2.75) is 40.2 Å².